The Balaban J connectivity index is 1.68. The van der Waals surface area contributed by atoms with Crippen LogP contribution >= 0.6 is 0 Å². The minimum atomic E-state index is -0.171. The lowest BCUT2D eigenvalue weighted by Crippen LogP contribution is -2.29. The van der Waals surface area contributed by atoms with Gasteiger partial charge in [0.25, 0.3) is 5.91 Å². The highest BCUT2D eigenvalue weighted by Gasteiger charge is 2.17. The fourth-order valence-corrected chi connectivity index (χ4v) is 2.44. The molecule has 0 saturated carbocycles. The molecule has 1 aliphatic rings. The summed E-state index contributed by atoms with van der Waals surface area (Å²) in [5.74, 6) is -0.171. The number of anilines is 1. The molecule has 0 atom stereocenters. The molecule has 0 aromatic carbocycles. The van der Waals surface area contributed by atoms with Crippen LogP contribution in [0.1, 0.15) is 29.4 Å². The van der Waals surface area contributed by atoms with Gasteiger partial charge in [-0.15, -0.1) is 0 Å². The third-order valence-corrected chi connectivity index (χ3v) is 3.59. The van der Waals surface area contributed by atoms with Crippen LogP contribution in [0.3, 0.4) is 0 Å². The van der Waals surface area contributed by atoms with Gasteiger partial charge in [-0.2, -0.15) is 5.10 Å². The summed E-state index contributed by atoms with van der Waals surface area (Å²) >= 11 is 0. The van der Waals surface area contributed by atoms with Crippen molar-refractivity contribution in [2.75, 3.05) is 18.4 Å². The second-order valence-corrected chi connectivity index (χ2v) is 5.03. The zero-order chi connectivity index (χ0) is 13.9. The Labute approximate surface area is 117 Å². The van der Waals surface area contributed by atoms with Crippen LogP contribution in [0.2, 0.25) is 0 Å². The third-order valence-electron chi connectivity index (χ3n) is 3.59. The molecule has 20 heavy (non-hydrogen) atoms. The second-order valence-electron chi connectivity index (χ2n) is 5.03. The summed E-state index contributed by atoms with van der Waals surface area (Å²) < 4.78 is 3.63. The van der Waals surface area contributed by atoms with Gasteiger partial charge in [-0.25, -0.2) is 4.98 Å². The van der Waals surface area contributed by atoms with Crippen LogP contribution in [0.25, 0.3) is 0 Å². The summed E-state index contributed by atoms with van der Waals surface area (Å²) in [5.41, 5.74) is 1.24. The van der Waals surface area contributed by atoms with Gasteiger partial charge in [0.15, 0.2) is 0 Å². The van der Waals surface area contributed by atoms with Crippen LogP contribution in [-0.2, 0) is 7.05 Å². The van der Waals surface area contributed by atoms with Crippen LogP contribution in [0, 0.1) is 0 Å². The molecule has 1 aliphatic heterocycles. The Morgan fingerprint density at radius 1 is 1.40 bits per heavy atom. The molecular formula is C13H18N6O. The predicted octanol–water partition coefficient (Wildman–Crippen LogP) is 0.793. The minimum Gasteiger partial charge on any atom is -0.330 e. The minimum absolute atomic E-state index is 0.171. The van der Waals surface area contributed by atoms with Gasteiger partial charge in [0, 0.05) is 13.2 Å². The van der Waals surface area contributed by atoms with Crippen molar-refractivity contribution in [1.82, 2.24) is 24.6 Å². The van der Waals surface area contributed by atoms with Gasteiger partial charge < -0.3 is 15.2 Å². The van der Waals surface area contributed by atoms with Crippen LogP contribution in [0.15, 0.2) is 24.9 Å². The number of carbonyl (C=O) groups is 1. The maximum Gasteiger partial charge on any atom is 0.274 e. The van der Waals surface area contributed by atoms with E-state index in [1.165, 1.54) is 0 Å². The normalized spacial score (nSPS) is 16.2. The Bertz CT molecular complexity index is 596. The Kier molecular flexibility index (Phi) is 3.51. The maximum absolute atomic E-state index is 12.1. The number of piperidine rings is 1. The average molecular weight is 274 g/mol. The van der Waals surface area contributed by atoms with Crippen molar-refractivity contribution in [3.05, 3.63) is 30.6 Å². The van der Waals surface area contributed by atoms with Crippen LogP contribution < -0.4 is 10.6 Å². The lowest BCUT2D eigenvalue weighted by atomic mass is 10.1. The van der Waals surface area contributed by atoms with Gasteiger partial charge in [-0.05, 0) is 25.9 Å². The number of hydrogen-bond donors (Lipinski definition) is 2. The molecule has 1 fully saturated rings. The first-order chi connectivity index (χ1) is 9.74. The van der Waals surface area contributed by atoms with E-state index in [-0.39, 0.29) is 5.91 Å². The molecular weight excluding hydrogens is 256 g/mol. The van der Waals surface area contributed by atoms with Crippen molar-refractivity contribution in [3.8, 4) is 0 Å². The molecule has 7 heteroatoms. The van der Waals surface area contributed by atoms with Crippen molar-refractivity contribution in [2.45, 2.75) is 18.9 Å². The maximum atomic E-state index is 12.1. The van der Waals surface area contributed by atoms with Crippen LogP contribution in [-0.4, -0.2) is 38.3 Å². The van der Waals surface area contributed by atoms with Gasteiger partial charge in [-0.3, -0.25) is 9.48 Å². The molecule has 106 valence electrons. The molecule has 2 aromatic heterocycles. The number of aryl methyl sites for hydroxylation is 1. The molecule has 3 heterocycles. The highest BCUT2D eigenvalue weighted by Crippen LogP contribution is 2.19. The lowest BCUT2D eigenvalue weighted by molar-refractivity contribution is 0.101. The standard InChI is InChI=1S/C13H18N6O/c1-18-9-15-7-12(18)13(20)17-10-6-16-19(8-10)11-2-4-14-5-3-11/h6-9,11,14H,2-5H2,1H3,(H,17,20). The van der Waals surface area contributed by atoms with E-state index >= 15 is 0 Å². The van der Waals surface area contributed by atoms with Gasteiger partial charge in [0.2, 0.25) is 0 Å². The van der Waals surface area contributed by atoms with E-state index in [4.69, 9.17) is 0 Å². The molecule has 1 saturated heterocycles. The zero-order valence-electron chi connectivity index (χ0n) is 11.4. The first-order valence-electron chi connectivity index (χ1n) is 6.76. The number of carbonyl (C=O) groups excluding carboxylic acids is 1. The van der Waals surface area contributed by atoms with Gasteiger partial charge >= 0.3 is 0 Å². The smallest absolute Gasteiger partial charge is 0.274 e. The SMILES string of the molecule is Cn1cncc1C(=O)Nc1cnn(C2CCNCC2)c1. The fourth-order valence-electron chi connectivity index (χ4n) is 2.44. The topological polar surface area (TPSA) is 76.8 Å². The summed E-state index contributed by atoms with van der Waals surface area (Å²) in [6.45, 7) is 2.03. The summed E-state index contributed by atoms with van der Waals surface area (Å²) in [4.78, 5) is 16.0. The van der Waals surface area contributed by atoms with E-state index in [9.17, 15) is 4.79 Å². The van der Waals surface area contributed by atoms with E-state index in [0.717, 1.165) is 31.6 Å². The first kappa shape index (κ1) is 12.9. The van der Waals surface area contributed by atoms with Crippen molar-refractivity contribution in [2.24, 2.45) is 7.05 Å². The van der Waals surface area contributed by atoms with E-state index < -0.39 is 0 Å². The van der Waals surface area contributed by atoms with Crippen LogP contribution in [0.5, 0.6) is 0 Å². The number of nitrogens with zero attached hydrogens (tertiary/aromatic N) is 4. The molecule has 0 unspecified atom stereocenters. The van der Waals surface area contributed by atoms with Gasteiger partial charge in [0.1, 0.15) is 5.69 Å². The van der Waals surface area contributed by atoms with Crippen molar-refractivity contribution in [1.29, 1.82) is 0 Å². The number of hydrogen-bond acceptors (Lipinski definition) is 4. The largest absolute Gasteiger partial charge is 0.330 e. The molecule has 2 N–H and O–H groups in total. The summed E-state index contributed by atoms with van der Waals surface area (Å²) in [7, 11) is 1.79. The van der Waals surface area contributed by atoms with Crippen molar-refractivity contribution < 1.29 is 4.79 Å². The van der Waals surface area contributed by atoms with E-state index in [1.54, 1.807) is 30.3 Å². The third kappa shape index (κ3) is 2.57. The molecule has 1 amide bonds. The molecule has 0 bridgehead atoms. The Morgan fingerprint density at radius 2 is 2.20 bits per heavy atom. The number of imidazole rings is 1. The summed E-state index contributed by atoms with van der Waals surface area (Å²) in [5, 5.41) is 10.5. The predicted molar refractivity (Wildman–Crippen MR) is 74.5 cm³/mol. The molecule has 7 nitrogen and oxygen atoms in total. The second kappa shape index (κ2) is 5.46. The quantitative estimate of drug-likeness (QED) is 0.867. The number of amides is 1. The molecule has 0 radical (unpaired) electrons. The highest BCUT2D eigenvalue weighted by atomic mass is 16.2. The molecule has 2 aromatic rings. The Morgan fingerprint density at radius 3 is 2.90 bits per heavy atom. The molecule has 0 spiro atoms. The number of nitrogens with one attached hydrogen (secondary N) is 2. The molecule has 3 rings (SSSR count). The van der Waals surface area contributed by atoms with Gasteiger partial charge in [-0.1, -0.05) is 0 Å². The summed E-state index contributed by atoms with van der Waals surface area (Å²) in [6.07, 6.45) is 8.87. The zero-order valence-corrected chi connectivity index (χ0v) is 11.4. The van der Waals surface area contributed by atoms with E-state index in [2.05, 4.69) is 20.7 Å². The monoisotopic (exact) mass is 274 g/mol. The van der Waals surface area contributed by atoms with E-state index in [1.807, 2.05) is 10.9 Å². The summed E-state index contributed by atoms with van der Waals surface area (Å²) in [6, 6.07) is 0.415. The fraction of sp³-hybridized carbons (Fsp3) is 0.462. The van der Waals surface area contributed by atoms with Crippen molar-refractivity contribution in [3.63, 3.8) is 0 Å². The van der Waals surface area contributed by atoms with Gasteiger partial charge in [0.05, 0.1) is 30.5 Å². The van der Waals surface area contributed by atoms with E-state index in [0.29, 0.717) is 11.7 Å². The van der Waals surface area contributed by atoms with Crippen LogP contribution in [0.4, 0.5) is 5.69 Å². The van der Waals surface area contributed by atoms with Crippen molar-refractivity contribution >= 4 is 11.6 Å². The highest BCUT2D eigenvalue weighted by molar-refractivity contribution is 6.02. The molecule has 0 aliphatic carbocycles. The number of rotatable bonds is 3. The Hall–Kier alpha value is -2.15. The first-order valence-corrected chi connectivity index (χ1v) is 6.76. The average Bonchev–Trinajstić information content (AvgIpc) is 3.09. The number of aromatic nitrogens is 4. The lowest BCUT2D eigenvalue weighted by Gasteiger charge is -2.22.